The molecule has 0 saturated carbocycles. The molecule has 1 aromatic rings. The lowest BCUT2D eigenvalue weighted by molar-refractivity contribution is 0.154. The van der Waals surface area contributed by atoms with E-state index in [1.807, 2.05) is 0 Å². The van der Waals surface area contributed by atoms with E-state index in [0.29, 0.717) is 5.69 Å². The number of hydrogen-bond acceptors (Lipinski definition) is 4. The summed E-state index contributed by atoms with van der Waals surface area (Å²) in [5.74, 6) is 0. The zero-order valence-corrected chi connectivity index (χ0v) is 9.28. The van der Waals surface area contributed by atoms with E-state index in [2.05, 4.69) is 36.3 Å². The number of nitrogens with one attached hydrogen (secondary N) is 1. The van der Waals surface area contributed by atoms with Gasteiger partial charge in [0.15, 0.2) is 0 Å². The first-order valence-electron chi connectivity index (χ1n) is 3.74. The number of aromatic nitrogens is 2. The molecule has 0 unspecified atom stereocenters. The normalized spacial score (nSPS) is 10.5. The fourth-order valence-corrected chi connectivity index (χ4v) is 1.21. The van der Waals surface area contributed by atoms with E-state index in [4.69, 9.17) is 0 Å². The number of amides is 1. The van der Waals surface area contributed by atoms with Gasteiger partial charge < -0.3 is 5.32 Å². The maximum Gasteiger partial charge on any atom is 0.433 e. The third-order valence-corrected chi connectivity index (χ3v) is 1.94. The maximum absolute atomic E-state index is 10.6. The van der Waals surface area contributed by atoms with Gasteiger partial charge in [-0.2, -0.15) is 5.10 Å². The van der Waals surface area contributed by atoms with E-state index in [1.54, 1.807) is 17.9 Å². The molecule has 0 aliphatic heterocycles. The second-order valence-electron chi connectivity index (χ2n) is 2.40. The standard InChI is InChI=1S/C7H9BrN4O2/c1-9-7(13)14-10-3-6-5(8)4-12(2)11-6/h3-4H,1-2H3,(H,9,13)/b10-3-. The number of carbonyl (C=O) groups excluding carboxylic acids is 1. The van der Waals surface area contributed by atoms with Crippen LogP contribution in [0.4, 0.5) is 4.79 Å². The van der Waals surface area contributed by atoms with E-state index in [0.717, 1.165) is 4.47 Å². The number of carbonyl (C=O) groups is 1. The average molecular weight is 261 g/mol. The highest BCUT2D eigenvalue weighted by Gasteiger charge is 2.01. The molecule has 0 aromatic carbocycles. The van der Waals surface area contributed by atoms with Gasteiger partial charge in [0, 0.05) is 20.3 Å². The number of oxime groups is 1. The van der Waals surface area contributed by atoms with Crippen LogP contribution in [0.1, 0.15) is 5.69 Å². The molecular formula is C7H9BrN4O2. The lowest BCUT2D eigenvalue weighted by Crippen LogP contribution is -2.16. The molecule has 0 fully saturated rings. The van der Waals surface area contributed by atoms with Crippen molar-refractivity contribution in [2.45, 2.75) is 0 Å². The van der Waals surface area contributed by atoms with Crippen molar-refractivity contribution in [3.05, 3.63) is 16.4 Å². The molecule has 1 heterocycles. The molecule has 0 spiro atoms. The summed E-state index contributed by atoms with van der Waals surface area (Å²) >= 11 is 3.27. The fourth-order valence-electron chi connectivity index (χ4n) is 0.734. The minimum absolute atomic E-state index is 0.594. The Morgan fingerprint density at radius 3 is 3.07 bits per heavy atom. The Hall–Kier alpha value is -1.37. The number of halogens is 1. The molecule has 0 aliphatic rings. The summed E-state index contributed by atoms with van der Waals surface area (Å²) in [4.78, 5) is 15.0. The Balaban J connectivity index is 2.60. The van der Waals surface area contributed by atoms with E-state index in [1.165, 1.54) is 13.3 Å². The molecule has 0 saturated heterocycles. The smallest absolute Gasteiger partial charge is 0.323 e. The molecule has 0 atom stereocenters. The first-order chi connectivity index (χ1) is 6.63. The van der Waals surface area contributed by atoms with Crippen molar-refractivity contribution >= 4 is 28.2 Å². The topological polar surface area (TPSA) is 68.5 Å². The summed E-state index contributed by atoms with van der Waals surface area (Å²) < 4.78 is 2.40. The molecule has 1 rings (SSSR count). The van der Waals surface area contributed by atoms with E-state index >= 15 is 0 Å². The first kappa shape index (κ1) is 10.7. The minimum atomic E-state index is -0.617. The van der Waals surface area contributed by atoms with Crippen molar-refractivity contribution in [3.8, 4) is 0 Å². The Morgan fingerprint density at radius 1 is 1.86 bits per heavy atom. The third-order valence-electron chi connectivity index (χ3n) is 1.33. The van der Waals surface area contributed by atoms with Crippen LogP contribution in [0, 0.1) is 0 Å². The molecule has 0 radical (unpaired) electrons. The third kappa shape index (κ3) is 2.84. The molecule has 1 amide bonds. The van der Waals surface area contributed by atoms with Crippen molar-refractivity contribution in [2.75, 3.05) is 7.05 Å². The van der Waals surface area contributed by atoms with Gasteiger partial charge >= 0.3 is 6.09 Å². The zero-order valence-electron chi connectivity index (χ0n) is 7.69. The maximum atomic E-state index is 10.6. The van der Waals surface area contributed by atoms with Crippen molar-refractivity contribution in [3.63, 3.8) is 0 Å². The monoisotopic (exact) mass is 260 g/mol. The van der Waals surface area contributed by atoms with Crippen molar-refractivity contribution in [1.82, 2.24) is 15.1 Å². The Morgan fingerprint density at radius 2 is 2.57 bits per heavy atom. The van der Waals surface area contributed by atoms with Gasteiger partial charge in [-0.15, -0.1) is 0 Å². The Bertz CT molecular complexity index is 361. The van der Waals surface area contributed by atoms with Crippen LogP contribution in [0.2, 0.25) is 0 Å². The second-order valence-corrected chi connectivity index (χ2v) is 3.25. The van der Waals surface area contributed by atoms with Crippen molar-refractivity contribution in [1.29, 1.82) is 0 Å². The number of nitrogens with zero attached hydrogens (tertiary/aromatic N) is 3. The minimum Gasteiger partial charge on any atom is -0.323 e. The van der Waals surface area contributed by atoms with Crippen molar-refractivity contribution in [2.24, 2.45) is 12.2 Å². The van der Waals surface area contributed by atoms with Crippen LogP contribution in [-0.4, -0.2) is 29.1 Å². The van der Waals surface area contributed by atoms with Crippen LogP contribution in [0.5, 0.6) is 0 Å². The SMILES string of the molecule is CNC(=O)O/N=C\c1nn(C)cc1Br. The molecule has 7 heteroatoms. The number of hydrogen-bond donors (Lipinski definition) is 1. The van der Waals surface area contributed by atoms with Gasteiger partial charge in [-0.25, -0.2) is 4.79 Å². The quantitative estimate of drug-likeness (QED) is 0.488. The molecule has 1 aromatic heterocycles. The molecular weight excluding hydrogens is 252 g/mol. The predicted molar refractivity (Wildman–Crippen MR) is 54.0 cm³/mol. The molecule has 6 nitrogen and oxygen atoms in total. The lowest BCUT2D eigenvalue weighted by atomic mass is 10.5. The highest BCUT2D eigenvalue weighted by atomic mass is 79.9. The average Bonchev–Trinajstić information content (AvgIpc) is 2.45. The van der Waals surface area contributed by atoms with Crippen LogP contribution in [-0.2, 0) is 11.9 Å². The van der Waals surface area contributed by atoms with Crippen LogP contribution >= 0.6 is 15.9 Å². The fraction of sp³-hybridized carbons (Fsp3) is 0.286. The summed E-state index contributed by atoms with van der Waals surface area (Å²) in [7, 11) is 3.23. The zero-order chi connectivity index (χ0) is 10.6. The molecule has 1 N–H and O–H groups in total. The van der Waals surface area contributed by atoms with E-state index in [-0.39, 0.29) is 0 Å². The summed E-state index contributed by atoms with van der Waals surface area (Å²) in [6.45, 7) is 0. The molecule has 76 valence electrons. The van der Waals surface area contributed by atoms with Gasteiger partial charge in [-0.1, -0.05) is 5.16 Å². The lowest BCUT2D eigenvalue weighted by Gasteiger charge is -1.92. The van der Waals surface area contributed by atoms with Gasteiger partial charge in [0.1, 0.15) is 5.69 Å². The molecule has 0 bridgehead atoms. The van der Waals surface area contributed by atoms with Crippen LogP contribution in [0.15, 0.2) is 15.8 Å². The largest absolute Gasteiger partial charge is 0.433 e. The van der Waals surface area contributed by atoms with Gasteiger partial charge in [0.2, 0.25) is 0 Å². The van der Waals surface area contributed by atoms with Gasteiger partial charge in [0.25, 0.3) is 0 Å². The first-order valence-corrected chi connectivity index (χ1v) is 4.54. The van der Waals surface area contributed by atoms with Crippen LogP contribution in [0.25, 0.3) is 0 Å². The molecule has 0 aliphatic carbocycles. The van der Waals surface area contributed by atoms with Gasteiger partial charge in [-0.05, 0) is 15.9 Å². The van der Waals surface area contributed by atoms with E-state index < -0.39 is 6.09 Å². The summed E-state index contributed by atoms with van der Waals surface area (Å²) in [6.07, 6.45) is 2.49. The van der Waals surface area contributed by atoms with Crippen LogP contribution < -0.4 is 5.32 Å². The Kier molecular flexibility index (Phi) is 3.63. The number of rotatable bonds is 2. The van der Waals surface area contributed by atoms with Crippen molar-refractivity contribution < 1.29 is 9.63 Å². The highest BCUT2D eigenvalue weighted by molar-refractivity contribution is 9.10. The van der Waals surface area contributed by atoms with Crippen LogP contribution in [0.3, 0.4) is 0 Å². The van der Waals surface area contributed by atoms with Gasteiger partial charge in [-0.3, -0.25) is 9.52 Å². The second kappa shape index (κ2) is 4.75. The highest BCUT2D eigenvalue weighted by Crippen LogP contribution is 2.11. The summed E-state index contributed by atoms with van der Waals surface area (Å²) in [5, 5.41) is 9.74. The Labute approximate surface area is 89.0 Å². The van der Waals surface area contributed by atoms with E-state index in [9.17, 15) is 4.79 Å². The summed E-state index contributed by atoms with van der Waals surface area (Å²) in [6, 6.07) is 0. The van der Waals surface area contributed by atoms with Gasteiger partial charge in [0.05, 0.1) is 10.7 Å². The number of aryl methyl sites for hydroxylation is 1. The predicted octanol–water partition coefficient (Wildman–Crippen LogP) is 0.872. The summed E-state index contributed by atoms with van der Waals surface area (Å²) in [5.41, 5.74) is 0.594. The molecule has 14 heavy (non-hydrogen) atoms.